The van der Waals surface area contributed by atoms with Crippen molar-refractivity contribution in [3.63, 3.8) is 0 Å². The van der Waals surface area contributed by atoms with Gasteiger partial charge >= 0.3 is 162 Å². The average Bonchev–Trinajstić information content (AvgIpc) is 2.45. The van der Waals surface area contributed by atoms with E-state index >= 15 is 0 Å². The molecule has 1 aromatic carbocycles. The molecule has 1 aromatic rings. The SMILES string of the molecule is CC(=CCCC(CS(=O)(=O)O)P(=O)(O)O)CCCc1ccccc1.[KH].[KH].[KH]. The van der Waals surface area contributed by atoms with Gasteiger partial charge in [0.05, 0.1) is 11.4 Å². The second kappa shape index (κ2) is 18.4. The van der Waals surface area contributed by atoms with E-state index in [0.29, 0.717) is 6.42 Å². The van der Waals surface area contributed by atoms with Crippen molar-refractivity contribution in [1.29, 1.82) is 0 Å². The molecule has 0 aliphatic carbocycles. The Morgan fingerprint density at radius 2 is 1.70 bits per heavy atom. The second-order valence-corrected chi connectivity index (χ2v) is 9.36. The van der Waals surface area contributed by atoms with E-state index in [4.69, 9.17) is 4.55 Å². The minimum absolute atomic E-state index is 0. The summed E-state index contributed by atoms with van der Waals surface area (Å²) in [4.78, 5) is 18.4. The molecule has 142 valence electrons. The van der Waals surface area contributed by atoms with E-state index in [2.05, 4.69) is 12.1 Å². The summed E-state index contributed by atoms with van der Waals surface area (Å²) in [5.74, 6) is -0.918. The van der Waals surface area contributed by atoms with Crippen molar-refractivity contribution < 1.29 is 27.3 Å². The van der Waals surface area contributed by atoms with Gasteiger partial charge in [0, 0.05) is 0 Å². The van der Waals surface area contributed by atoms with Crippen LogP contribution in [0.4, 0.5) is 0 Å². The molecule has 1 atom stereocenters. The first-order valence-corrected chi connectivity index (χ1v) is 11.1. The van der Waals surface area contributed by atoms with E-state index in [0.717, 1.165) is 24.8 Å². The van der Waals surface area contributed by atoms with E-state index in [-0.39, 0.29) is 161 Å². The van der Waals surface area contributed by atoms with Crippen LogP contribution in [-0.2, 0) is 21.1 Å². The molecule has 0 saturated heterocycles. The summed E-state index contributed by atoms with van der Waals surface area (Å²) in [6.07, 6.45) is 5.05. The maximum absolute atomic E-state index is 11.3. The average molecular weight is 497 g/mol. The van der Waals surface area contributed by atoms with Crippen LogP contribution in [0.3, 0.4) is 0 Å². The molecule has 0 amide bonds. The molecule has 0 spiro atoms. The fourth-order valence-corrected chi connectivity index (χ4v) is 4.91. The van der Waals surface area contributed by atoms with Gasteiger partial charge in [-0.1, -0.05) is 42.0 Å². The van der Waals surface area contributed by atoms with Crippen molar-refractivity contribution in [2.45, 2.75) is 44.7 Å². The summed E-state index contributed by atoms with van der Waals surface area (Å²) in [7, 11) is -8.98. The van der Waals surface area contributed by atoms with Gasteiger partial charge in [-0.15, -0.1) is 0 Å². The normalized spacial score (nSPS) is 13.0. The molecule has 0 aromatic heterocycles. The van der Waals surface area contributed by atoms with Crippen LogP contribution in [0.15, 0.2) is 42.0 Å². The van der Waals surface area contributed by atoms with Crippen LogP contribution in [0, 0.1) is 0 Å². The Bertz CT molecular complexity index is 691. The molecule has 11 heteroatoms. The molecule has 0 saturated carbocycles. The topological polar surface area (TPSA) is 112 Å². The van der Waals surface area contributed by atoms with Gasteiger partial charge < -0.3 is 9.79 Å². The zero-order valence-corrected chi connectivity index (χ0v) is 15.4. The number of hydrogen-bond donors (Lipinski definition) is 3. The fourth-order valence-electron chi connectivity index (χ4n) is 2.43. The van der Waals surface area contributed by atoms with Crippen LogP contribution in [0.1, 0.15) is 38.2 Å². The van der Waals surface area contributed by atoms with Crippen LogP contribution < -0.4 is 0 Å². The molecule has 27 heavy (non-hydrogen) atoms. The Morgan fingerprint density at radius 3 is 2.19 bits per heavy atom. The van der Waals surface area contributed by atoms with Crippen molar-refractivity contribution in [2.24, 2.45) is 0 Å². The fraction of sp³-hybridized carbons (Fsp3) is 0.500. The second-order valence-electron chi connectivity index (χ2n) is 5.96. The summed E-state index contributed by atoms with van der Waals surface area (Å²) in [5, 5.41) is 0. The quantitative estimate of drug-likeness (QED) is 0.194. The van der Waals surface area contributed by atoms with Gasteiger partial charge in [-0.3, -0.25) is 9.12 Å². The van der Waals surface area contributed by atoms with Gasteiger partial charge in [-0.25, -0.2) is 0 Å². The molecule has 0 aliphatic rings. The molecular formula is C16H28K3O6PS. The summed E-state index contributed by atoms with van der Waals surface area (Å²) in [5.41, 5.74) is 0.989. The Hall–Kier alpha value is 3.93. The monoisotopic (exact) mass is 496 g/mol. The molecule has 1 rings (SSSR count). The third-order valence-corrected chi connectivity index (χ3v) is 6.21. The first-order chi connectivity index (χ1) is 11.1. The summed E-state index contributed by atoms with van der Waals surface area (Å²) in [6, 6.07) is 10.1. The van der Waals surface area contributed by atoms with E-state index in [1.165, 1.54) is 5.56 Å². The molecule has 0 aliphatic heterocycles. The van der Waals surface area contributed by atoms with Crippen molar-refractivity contribution in [1.82, 2.24) is 0 Å². The third kappa shape index (κ3) is 19.1. The first kappa shape index (κ1) is 35.5. The van der Waals surface area contributed by atoms with E-state index in [1.807, 2.05) is 31.2 Å². The maximum atomic E-state index is 11.3. The third-order valence-electron chi connectivity index (χ3n) is 3.75. The number of aryl methyl sites for hydroxylation is 1. The zero-order valence-electron chi connectivity index (χ0n) is 13.7. The van der Waals surface area contributed by atoms with Gasteiger partial charge in [-0.05, 0) is 44.6 Å². The van der Waals surface area contributed by atoms with Crippen molar-refractivity contribution in [3.8, 4) is 0 Å². The van der Waals surface area contributed by atoms with Crippen LogP contribution >= 0.6 is 7.60 Å². The molecule has 1 unspecified atom stereocenters. The standard InChI is InChI=1S/C16H25O6PS.3K.3H/c1-14(7-5-11-15-9-3-2-4-10-15)8-6-12-16(23(17,18)19)13-24(20,21)22;;;;;;/h2-4,8-10,16H,5-7,11-13H2,1H3,(H2,17,18,19)(H,20,21,22);;;;;;. The Kier molecular flexibility index (Phi) is 24.2. The Balaban J connectivity index is -0.00000192. The van der Waals surface area contributed by atoms with Crippen LogP contribution in [-0.4, -0.2) is 188 Å². The van der Waals surface area contributed by atoms with Gasteiger partial charge in [0.1, 0.15) is 0 Å². The predicted molar refractivity (Wildman–Crippen MR) is 116 cm³/mol. The molecule has 0 heterocycles. The van der Waals surface area contributed by atoms with E-state index in [9.17, 15) is 22.8 Å². The van der Waals surface area contributed by atoms with Crippen LogP contribution in [0.25, 0.3) is 0 Å². The van der Waals surface area contributed by atoms with Gasteiger partial charge in [0.15, 0.2) is 0 Å². The first-order valence-electron chi connectivity index (χ1n) is 7.78. The van der Waals surface area contributed by atoms with Gasteiger partial charge in [0.2, 0.25) is 0 Å². The molecule has 0 bridgehead atoms. The van der Waals surface area contributed by atoms with Gasteiger partial charge in [0.25, 0.3) is 10.1 Å². The molecule has 0 radical (unpaired) electrons. The number of benzene rings is 1. The van der Waals surface area contributed by atoms with E-state index in [1.54, 1.807) is 0 Å². The predicted octanol–water partition coefficient (Wildman–Crippen LogP) is 1.22. The van der Waals surface area contributed by atoms with Crippen LogP contribution in [0.5, 0.6) is 0 Å². The number of rotatable bonds is 10. The van der Waals surface area contributed by atoms with Crippen molar-refractivity contribution in [2.75, 3.05) is 5.75 Å². The molecule has 0 fully saturated rings. The van der Waals surface area contributed by atoms with Crippen LogP contribution in [0.2, 0.25) is 0 Å². The van der Waals surface area contributed by atoms with Gasteiger partial charge in [-0.2, -0.15) is 8.42 Å². The summed E-state index contributed by atoms with van der Waals surface area (Å²) >= 11 is 0. The molecular weight excluding hydrogens is 469 g/mol. The molecule has 6 nitrogen and oxygen atoms in total. The molecule has 3 N–H and O–H groups in total. The van der Waals surface area contributed by atoms with Crippen molar-refractivity contribution >= 4 is 172 Å². The number of hydrogen-bond acceptors (Lipinski definition) is 3. The summed E-state index contributed by atoms with van der Waals surface area (Å²) < 4.78 is 41.8. The van der Waals surface area contributed by atoms with Crippen molar-refractivity contribution in [3.05, 3.63) is 47.5 Å². The zero-order chi connectivity index (χ0) is 18.2. The van der Waals surface area contributed by atoms with E-state index < -0.39 is 29.1 Å². The number of allylic oxidation sites excluding steroid dienone is 2. The Labute approximate surface area is 290 Å². The Morgan fingerprint density at radius 1 is 1.15 bits per heavy atom. The summed E-state index contributed by atoms with van der Waals surface area (Å²) in [6.45, 7) is 1.94. The minimum atomic E-state index is -4.56.